The quantitative estimate of drug-likeness (QED) is 0.397. The van der Waals surface area contributed by atoms with Crippen LogP contribution in [-0.4, -0.2) is 35.9 Å². The Labute approximate surface area is 89.7 Å². The van der Waals surface area contributed by atoms with Crippen molar-refractivity contribution in [2.24, 2.45) is 10.9 Å². The van der Waals surface area contributed by atoms with Crippen LogP contribution in [0.2, 0.25) is 0 Å². The first kappa shape index (κ1) is 11.8. The van der Waals surface area contributed by atoms with Crippen molar-refractivity contribution in [2.45, 2.75) is 38.6 Å². The Morgan fingerprint density at radius 3 is 2.80 bits per heavy atom. The first-order valence-corrected chi connectivity index (χ1v) is 5.49. The minimum atomic E-state index is 0.285. The number of hydrogen-bond donors (Lipinski definition) is 0. The molecule has 0 aromatic carbocycles. The van der Waals surface area contributed by atoms with Gasteiger partial charge in [-0.05, 0) is 25.7 Å². The van der Waals surface area contributed by atoms with Gasteiger partial charge in [-0.3, -0.25) is 0 Å². The van der Waals surface area contributed by atoms with E-state index in [0.717, 1.165) is 25.7 Å². The molecule has 0 bridgehead atoms. The molecule has 82 valence electrons. The number of isocyanates is 2. The van der Waals surface area contributed by atoms with E-state index in [1.165, 1.54) is 0 Å². The lowest BCUT2D eigenvalue weighted by atomic mass is 9.85. The molecule has 0 heterocycles. The van der Waals surface area contributed by atoms with Crippen molar-refractivity contribution in [1.29, 1.82) is 0 Å². The Morgan fingerprint density at radius 1 is 1.40 bits per heavy atom. The SMILES string of the molecule is CC[N+](=C=O)C1CCCC(CN=C=O)C1. The van der Waals surface area contributed by atoms with Crippen LogP contribution in [0.5, 0.6) is 0 Å². The minimum absolute atomic E-state index is 0.285. The fraction of sp³-hybridized carbons (Fsp3) is 0.818. The average molecular weight is 209 g/mol. The molecule has 0 amide bonds. The molecule has 1 aliphatic carbocycles. The van der Waals surface area contributed by atoms with Crippen LogP contribution in [-0.2, 0) is 9.59 Å². The van der Waals surface area contributed by atoms with E-state index in [1.54, 1.807) is 10.7 Å². The highest BCUT2D eigenvalue weighted by Gasteiger charge is 2.29. The summed E-state index contributed by atoms with van der Waals surface area (Å²) in [5.41, 5.74) is 0. The molecule has 1 fully saturated rings. The highest BCUT2D eigenvalue weighted by molar-refractivity contribution is 5.32. The zero-order chi connectivity index (χ0) is 11.1. The molecule has 0 N–H and O–H groups in total. The lowest BCUT2D eigenvalue weighted by molar-refractivity contribution is -0.565. The van der Waals surface area contributed by atoms with Crippen LogP contribution in [0.15, 0.2) is 4.99 Å². The predicted octanol–water partition coefficient (Wildman–Crippen LogP) is 1.25. The third-order valence-corrected chi connectivity index (χ3v) is 3.07. The van der Waals surface area contributed by atoms with Gasteiger partial charge in [-0.1, -0.05) is 0 Å². The molecular formula is C11H17N2O2+. The van der Waals surface area contributed by atoms with Crippen LogP contribution in [0.1, 0.15) is 32.6 Å². The molecule has 2 unspecified atom stereocenters. The molecule has 1 aliphatic rings. The van der Waals surface area contributed by atoms with Crippen LogP contribution in [0.25, 0.3) is 0 Å². The number of rotatable bonds is 4. The van der Waals surface area contributed by atoms with Gasteiger partial charge < -0.3 is 0 Å². The van der Waals surface area contributed by atoms with Gasteiger partial charge in [0.15, 0.2) is 12.6 Å². The minimum Gasteiger partial charge on any atom is -0.211 e. The van der Waals surface area contributed by atoms with E-state index < -0.39 is 0 Å². The van der Waals surface area contributed by atoms with Gasteiger partial charge in [0.05, 0.1) is 6.54 Å². The summed E-state index contributed by atoms with van der Waals surface area (Å²) < 4.78 is 1.72. The average Bonchev–Trinajstić information content (AvgIpc) is 2.29. The number of hydrogen-bond acceptors (Lipinski definition) is 3. The second-order valence-electron chi connectivity index (χ2n) is 4.00. The van der Waals surface area contributed by atoms with E-state index in [-0.39, 0.29) is 6.04 Å². The predicted molar refractivity (Wildman–Crippen MR) is 55.2 cm³/mol. The molecule has 15 heavy (non-hydrogen) atoms. The van der Waals surface area contributed by atoms with Gasteiger partial charge in [0.1, 0.15) is 0 Å². The fourth-order valence-electron chi connectivity index (χ4n) is 2.28. The van der Waals surface area contributed by atoms with E-state index in [0.29, 0.717) is 19.0 Å². The van der Waals surface area contributed by atoms with Crippen LogP contribution < -0.4 is 0 Å². The van der Waals surface area contributed by atoms with Crippen molar-refractivity contribution in [3.8, 4) is 0 Å². The molecule has 2 atom stereocenters. The van der Waals surface area contributed by atoms with E-state index in [9.17, 15) is 9.59 Å². The second-order valence-corrected chi connectivity index (χ2v) is 4.00. The Kier molecular flexibility index (Phi) is 4.96. The van der Waals surface area contributed by atoms with Crippen LogP contribution >= 0.6 is 0 Å². The second kappa shape index (κ2) is 6.28. The summed E-state index contributed by atoms with van der Waals surface area (Å²) in [5, 5.41) is 0. The maximum atomic E-state index is 10.7. The van der Waals surface area contributed by atoms with Gasteiger partial charge in [-0.25, -0.2) is 9.79 Å². The van der Waals surface area contributed by atoms with Gasteiger partial charge in [0, 0.05) is 12.8 Å². The van der Waals surface area contributed by atoms with Crippen LogP contribution in [0.4, 0.5) is 0 Å². The van der Waals surface area contributed by atoms with Gasteiger partial charge in [0.2, 0.25) is 6.08 Å². The van der Waals surface area contributed by atoms with Gasteiger partial charge in [-0.2, -0.15) is 9.37 Å². The lowest BCUT2D eigenvalue weighted by Gasteiger charge is -2.23. The maximum absolute atomic E-state index is 10.7. The summed E-state index contributed by atoms with van der Waals surface area (Å²) >= 11 is 0. The van der Waals surface area contributed by atoms with Crippen molar-refractivity contribution >= 4 is 12.2 Å². The molecule has 0 saturated heterocycles. The Morgan fingerprint density at radius 2 is 2.20 bits per heavy atom. The summed E-state index contributed by atoms with van der Waals surface area (Å²) in [6.07, 6.45) is 7.72. The van der Waals surface area contributed by atoms with Crippen molar-refractivity contribution < 1.29 is 14.2 Å². The molecule has 0 aromatic rings. The molecule has 0 radical (unpaired) electrons. The first-order chi connectivity index (χ1) is 7.31. The molecule has 0 aliphatic heterocycles. The van der Waals surface area contributed by atoms with Crippen molar-refractivity contribution in [1.82, 2.24) is 0 Å². The summed E-state index contributed by atoms with van der Waals surface area (Å²) in [6, 6.07) is 0.285. The molecular weight excluding hydrogens is 192 g/mol. The topological polar surface area (TPSA) is 49.5 Å². The lowest BCUT2D eigenvalue weighted by Crippen LogP contribution is -2.32. The summed E-state index contributed by atoms with van der Waals surface area (Å²) in [7, 11) is 0. The van der Waals surface area contributed by atoms with Crippen molar-refractivity contribution in [3.05, 3.63) is 0 Å². The van der Waals surface area contributed by atoms with Gasteiger partial charge >= 0.3 is 6.08 Å². The van der Waals surface area contributed by atoms with E-state index in [4.69, 9.17) is 0 Å². The molecule has 1 saturated carbocycles. The molecule has 0 spiro atoms. The molecule has 0 aromatic heterocycles. The zero-order valence-corrected chi connectivity index (χ0v) is 9.11. The number of carbonyl (C=O) groups excluding carboxylic acids is 2. The van der Waals surface area contributed by atoms with Crippen molar-refractivity contribution in [3.63, 3.8) is 0 Å². The Balaban J connectivity index is 2.55. The monoisotopic (exact) mass is 209 g/mol. The third kappa shape index (κ3) is 3.43. The number of nitrogens with zero attached hydrogens (tertiary/aromatic N) is 2. The maximum Gasteiger partial charge on any atom is 0.424 e. The van der Waals surface area contributed by atoms with E-state index in [2.05, 4.69) is 4.99 Å². The smallest absolute Gasteiger partial charge is 0.211 e. The van der Waals surface area contributed by atoms with Crippen molar-refractivity contribution in [2.75, 3.05) is 13.1 Å². The summed E-state index contributed by atoms with van der Waals surface area (Å²) in [5.74, 6) is 0.424. The fourth-order valence-corrected chi connectivity index (χ4v) is 2.28. The van der Waals surface area contributed by atoms with E-state index >= 15 is 0 Å². The largest absolute Gasteiger partial charge is 0.424 e. The Hall–Kier alpha value is -1.24. The first-order valence-electron chi connectivity index (χ1n) is 5.49. The van der Waals surface area contributed by atoms with E-state index in [1.807, 2.05) is 13.0 Å². The highest BCUT2D eigenvalue weighted by Crippen LogP contribution is 2.26. The third-order valence-electron chi connectivity index (χ3n) is 3.07. The molecule has 1 rings (SSSR count). The zero-order valence-electron chi connectivity index (χ0n) is 9.11. The van der Waals surface area contributed by atoms with Crippen LogP contribution in [0, 0.1) is 5.92 Å². The highest BCUT2D eigenvalue weighted by atomic mass is 16.1. The summed E-state index contributed by atoms with van der Waals surface area (Å²) in [6.45, 7) is 3.21. The number of aliphatic imine (C=N–C) groups is 1. The normalized spacial score (nSPS) is 25.1. The summed E-state index contributed by atoms with van der Waals surface area (Å²) in [4.78, 5) is 24.3. The van der Waals surface area contributed by atoms with Gasteiger partial charge in [0.25, 0.3) is 0 Å². The van der Waals surface area contributed by atoms with Crippen LogP contribution in [0.3, 0.4) is 0 Å². The molecule has 4 nitrogen and oxygen atoms in total. The standard InChI is InChI=1S/C11H17N2O2/c1-2-13(9-15)11-5-3-4-10(6-11)7-12-8-14/h10-11H,2-7H2,1H3/q+1. The Bertz CT molecular complexity index is 302. The molecule has 4 heteroatoms. The van der Waals surface area contributed by atoms with Gasteiger partial charge in [-0.15, -0.1) is 0 Å².